The van der Waals surface area contributed by atoms with E-state index in [4.69, 9.17) is 37.4 Å². The maximum Gasteiger partial charge on any atom is 0.158 e. The Bertz CT molecular complexity index is 724. The summed E-state index contributed by atoms with van der Waals surface area (Å²) in [6.45, 7) is 5.23. The zero-order valence-corrected chi connectivity index (χ0v) is 16.6. The van der Waals surface area contributed by atoms with Gasteiger partial charge in [-0.3, -0.25) is 0 Å². The highest BCUT2D eigenvalue weighted by molar-refractivity contribution is 6.35. The van der Waals surface area contributed by atoms with E-state index in [1.165, 1.54) is 0 Å². The minimum atomic E-state index is -0.234. The van der Waals surface area contributed by atoms with E-state index in [-0.39, 0.29) is 18.5 Å². The summed E-state index contributed by atoms with van der Waals surface area (Å²) < 4.78 is 19.8. The Morgan fingerprint density at radius 3 is 3.00 bits per heavy atom. The summed E-state index contributed by atoms with van der Waals surface area (Å²) in [7, 11) is 0. The van der Waals surface area contributed by atoms with Crippen LogP contribution in [0, 0.1) is 0 Å². The number of benzene rings is 1. The lowest BCUT2D eigenvalue weighted by molar-refractivity contribution is -0.203. The second-order valence-corrected chi connectivity index (χ2v) is 7.33. The van der Waals surface area contributed by atoms with Crippen LogP contribution in [-0.2, 0) is 20.8 Å². The van der Waals surface area contributed by atoms with Crippen LogP contribution in [0.2, 0.25) is 10.0 Å². The third-order valence-corrected chi connectivity index (χ3v) is 5.00. The van der Waals surface area contributed by atoms with Crippen molar-refractivity contribution in [2.45, 2.75) is 44.3 Å². The standard InChI is InChI=1S/C20H24Cl2N2O3/c1-2-10-25-20-5-3-4-16(27-20)13-26-19(12-24-9-8-23-14-24)17-7-6-15(21)11-18(17)22/h2,6-9,11,14,16,19-20H,1,3-5,10,12-13H2. The van der Waals surface area contributed by atoms with Gasteiger partial charge in [0.2, 0.25) is 0 Å². The number of aromatic nitrogens is 2. The van der Waals surface area contributed by atoms with Crippen molar-refractivity contribution < 1.29 is 14.2 Å². The predicted octanol–water partition coefficient (Wildman–Crippen LogP) is 5.05. The van der Waals surface area contributed by atoms with Gasteiger partial charge in [-0.05, 0) is 31.4 Å². The molecule has 0 N–H and O–H groups in total. The lowest BCUT2D eigenvalue weighted by Gasteiger charge is -2.31. The van der Waals surface area contributed by atoms with Crippen molar-refractivity contribution in [3.8, 4) is 0 Å². The van der Waals surface area contributed by atoms with E-state index in [9.17, 15) is 0 Å². The highest BCUT2D eigenvalue weighted by atomic mass is 35.5. The molecule has 1 saturated heterocycles. The molecule has 27 heavy (non-hydrogen) atoms. The molecule has 2 heterocycles. The van der Waals surface area contributed by atoms with Crippen LogP contribution in [0.5, 0.6) is 0 Å². The molecule has 1 aromatic carbocycles. The average Bonchev–Trinajstić information content (AvgIpc) is 3.17. The molecule has 0 spiro atoms. The van der Waals surface area contributed by atoms with E-state index in [1.807, 2.05) is 22.9 Å². The molecule has 0 saturated carbocycles. The van der Waals surface area contributed by atoms with Crippen LogP contribution in [0.15, 0.2) is 49.6 Å². The third-order valence-electron chi connectivity index (χ3n) is 4.44. The molecule has 1 aliphatic rings. The molecule has 0 aliphatic carbocycles. The average molecular weight is 411 g/mol. The van der Waals surface area contributed by atoms with Crippen LogP contribution >= 0.6 is 23.2 Å². The van der Waals surface area contributed by atoms with Gasteiger partial charge in [0.1, 0.15) is 6.10 Å². The summed E-state index contributed by atoms with van der Waals surface area (Å²) in [6, 6.07) is 5.46. The van der Waals surface area contributed by atoms with E-state index in [0.29, 0.717) is 29.8 Å². The first-order chi connectivity index (χ1) is 13.2. The molecular weight excluding hydrogens is 387 g/mol. The first kappa shape index (κ1) is 20.4. The Morgan fingerprint density at radius 2 is 2.26 bits per heavy atom. The molecule has 146 valence electrons. The molecule has 0 radical (unpaired) electrons. The number of hydrogen-bond acceptors (Lipinski definition) is 4. The molecule has 3 unspecified atom stereocenters. The summed E-state index contributed by atoms with van der Waals surface area (Å²) in [5.74, 6) is 0. The number of nitrogens with zero attached hydrogens (tertiary/aromatic N) is 2. The Kier molecular flexibility index (Phi) is 7.73. The van der Waals surface area contributed by atoms with E-state index in [2.05, 4.69) is 11.6 Å². The molecule has 3 rings (SSSR count). The van der Waals surface area contributed by atoms with Crippen LogP contribution in [-0.4, -0.2) is 35.2 Å². The maximum absolute atomic E-state index is 6.42. The predicted molar refractivity (Wildman–Crippen MR) is 106 cm³/mol. The van der Waals surface area contributed by atoms with Gasteiger partial charge in [0.25, 0.3) is 0 Å². The zero-order chi connectivity index (χ0) is 19.1. The summed E-state index contributed by atoms with van der Waals surface area (Å²) >= 11 is 12.5. The van der Waals surface area contributed by atoms with Crippen LogP contribution in [0.25, 0.3) is 0 Å². The van der Waals surface area contributed by atoms with Crippen LogP contribution in [0.1, 0.15) is 30.9 Å². The summed E-state index contributed by atoms with van der Waals surface area (Å²) in [5.41, 5.74) is 0.894. The fourth-order valence-electron chi connectivity index (χ4n) is 3.10. The lowest BCUT2D eigenvalue weighted by Crippen LogP contribution is -2.33. The van der Waals surface area contributed by atoms with Crippen LogP contribution < -0.4 is 0 Å². The van der Waals surface area contributed by atoms with Crippen molar-refractivity contribution in [2.75, 3.05) is 13.2 Å². The molecule has 1 aliphatic heterocycles. The summed E-state index contributed by atoms with van der Waals surface area (Å²) in [5, 5.41) is 1.19. The topological polar surface area (TPSA) is 45.5 Å². The van der Waals surface area contributed by atoms with Gasteiger partial charge in [-0.2, -0.15) is 0 Å². The summed E-state index contributed by atoms with van der Waals surface area (Å²) in [6.07, 6.45) is 9.57. The largest absolute Gasteiger partial charge is 0.369 e. The first-order valence-corrected chi connectivity index (χ1v) is 9.81. The molecule has 1 fully saturated rings. The molecule has 7 heteroatoms. The van der Waals surface area contributed by atoms with Gasteiger partial charge >= 0.3 is 0 Å². The van der Waals surface area contributed by atoms with Gasteiger partial charge in [0, 0.05) is 28.0 Å². The first-order valence-electron chi connectivity index (χ1n) is 9.06. The maximum atomic E-state index is 6.42. The highest BCUT2D eigenvalue weighted by Crippen LogP contribution is 2.31. The van der Waals surface area contributed by atoms with Crippen molar-refractivity contribution in [1.82, 2.24) is 9.55 Å². The van der Waals surface area contributed by atoms with Crippen LogP contribution in [0.3, 0.4) is 0 Å². The van der Waals surface area contributed by atoms with Gasteiger partial charge in [0.15, 0.2) is 6.29 Å². The molecule has 0 bridgehead atoms. The van der Waals surface area contributed by atoms with E-state index in [1.54, 1.807) is 24.7 Å². The molecule has 3 atom stereocenters. The molecular formula is C20H24Cl2N2O3. The lowest BCUT2D eigenvalue weighted by atomic mass is 10.1. The fourth-order valence-corrected chi connectivity index (χ4v) is 3.63. The zero-order valence-electron chi connectivity index (χ0n) is 15.1. The van der Waals surface area contributed by atoms with Crippen molar-refractivity contribution >= 4 is 23.2 Å². The van der Waals surface area contributed by atoms with Crippen molar-refractivity contribution in [3.05, 3.63) is 65.2 Å². The van der Waals surface area contributed by atoms with E-state index >= 15 is 0 Å². The summed E-state index contributed by atoms with van der Waals surface area (Å²) in [4.78, 5) is 4.10. The van der Waals surface area contributed by atoms with E-state index < -0.39 is 0 Å². The van der Waals surface area contributed by atoms with Crippen molar-refractivity contribution in [3.63, 3.8) is 0 Å². The number of hydrogen-bond donors (Lipinski definition) is 0. The van der Waals surface area contributed by atoms with Crippen molar-refractivity contribution in [1.29, 1.82) is 0 Å². The molecule has 1 aromatic heterocycles. The van der Waals surface area contributed by atoms with Gasteiger partial charge in [0.05, 0.1) is 32.2 Å². The minimum Gasteiger partial charge on any atom is -0.369 e. The van der Waals surface area contributed by atoms with Crippen molar-refractivity contribution in [2.24, 2.45) is 0 Å². The van der Waals surface area contributed by atoms with Crippen LogP contribution in [0.4, 0.5) is 0 Å². The normalized spacial score (nSPS) is 21.1. The quantitative estimate of drug-likeness (QED) is 0.542. The molecule has 0 amide bonds. The van der Waals surface area contributed by atoms with Gasteiger partial charge in [-0.15, -0.1) is 6.58 Å². The molecule has 2 aromatic rings. The number of rotatable bonds is 9. The second-order valence-electron chi connectivity index (χ2n) is 6.49. The molecule has 5 nitrogen and oxygen atoms in total. The number of halogens is 2. The highest BCUT2D eigenvalue weighted by Gasteiger charge is 2.25. The van der Waals surface area contributed by atoms with Gasteiger partial charge in [-0.25, -0.2) is 4.98 Å². The monoisotopic (exact) mass is 410 g/mol. The second kappa shape index (κ2) is 10.2. The Labute approximate surface area is 169 Å². The number of ether oxygens (including phenoxy) is 3. The Hall–Kier alpha value is -1.37. The van der Waals surface area contributed by atoms with Gasteiger partial charge < -0.3 is 18.8 Å². The Balaban J connectivity index is 1.65. The SMILES string of the molecule is C=CCOC1CCCC(COC(Cn2ccnc2)c2ccc(Cl)cc2Cl)O1. The smallest absolute Gasteiger partial charge is 0.158 e. The van der Waals surface area contributed by atoms with E-state index in [0.717, 1.165) is 24.8 Å². The third kappa shape index (κ3) is 6.06. The van der Waals surface area contributed by atoms with Gasteiger partial charge in [-0.1, -0.05) is 35.3 Å². The Morgan fingerprint density at radius 1 is 1.37 bits per heavy atom. The fraction of sp³-hybridized carbons (Fsp3) is 0.450. The number of imidazole rings is 1. The minimum absolute atomic E-state index is 0.00933.